The molecule has 1 aliphatic heterocycles. The molecule has 1 heterocycles. The number of hydrogen-bond donors (Lipinski definition) is 1. The lowest BCUT2D eigenvalue weighted by Crippen LogP contribution is -2.41. The summed E-state index contributed by atoms with van der Waals surface area (Å²) in [5, 5.41) is 0.556. The molecule has 0 aromatic heterocycles. The monoisotopic (exact) mass is 362 g/mol. The Bertz CT molecular complexity index is 506. The Balaban J connectivity index is 0.00000264. The lowest BCUT2D eigenvalue weighted by atomic mass is 10.1. The minimum absolute atomic E-state index is 0. The fourth-order valence-electron chi connectivity index (χ4n) is 2.57. The Morgan fingerprint density at radius 1 is 1.39 bits per heavy atom. The molecule has 5 nitrogen and oxygen atoms in total. The third kappa shape index (κ3) is 5.53. The molecule has 1 fully saturated rings. The Kier molecular flexibility index (Phi) is 8.69. The first-order valence-corrected chi connectivity index (χ1v) is 7.98. The smallest absolute Gasteiger partial charge is 0.257 e. The Hall–Kier alpha value is -1.01. The predicted molar refractivity (Wildman–Crippen MR) is 93.8 cm³/mol. The zero-order valence-corrected chi connectivity index (χ0v) is 14.9. The average Bonchev–Trinajstić information content (AvgIpc) is 2.55. The SMILES string of the molecule is COc1cc(Cl)ccc1C(=O)N1CCC(OCCCN)CC1.Cl. The third-order valence-electron chi connectivity index (χ3n) is 3.83. The predicted octanol–water partition coefficient (Wildman–Crippen LogP) is 2.74. The summed E-state index contributed by atoms with van der Waals surface area (Å²) in [7, 11) is 1.54. The number of rotatable bonds is 6. The second kappa shape index (κ2) is 9.98. The van der Waals surface area contributed by atoms with Crippen LogP contribution in [-0.2, 0) is 4.74 Å². The van der Waals surface area contributed by atoms with Crippen LogP contribution in [0.4, 0.5) is 0 Å². The van der Waals surface area contributed by atoms with Gasteiger partial charge in [0.15, 0.2) is 0 Å². The van der Waals surface area contributed by atoms with Crippen molar-refractivity contribution in [3.63, 3.8) is 0 Å². The number of nitrogens with zero attached hydrogens (tertiary/aromatic N) is 1. The van der Waals surface area contributed by atoms with E-state index in [9.17, 15) is 4.79 Å². The number of carbonyl (C=O) groups excluding carboxylic acids is 1. The van der Waals surface area contributed by atoms with E-state index in [1.807, 2.05) is 4.90 Å². The number of benzene rings is 1. The van der Waals surface area contributed by atoms with Crippen molar-refractivity contribution >= 4 is 29.9 Å². The molecule has 1 aromatic rings. The molecule has 2 N–H and O–H groups in total. The van der Waals surface area contributed by atoms with E-state index >= 15 is 0 Å². The highest BCUT2D eigenvalue weighted by Crippen LogP contribution is 2.26. The topological polar surface area (TPSA) is 64.8 Å². The molecule has 1 aliphatic rings. The van der Waals surface area contributed by atoms with E-state index in [0.717, 1.165) is 19.3 Å². The minimum Gasteiger partial charge on any atom is -0.496 e. The van der Waals surface area contributed by atoms with Crippen LogP contribution in [0.25, 0.3) is 0 Å². The van der Waals surface area contributed by atoms with Crippen molar-refractivity contribution in [1.29, 1.82) is 0 Å². The van der Waals surface area contributed by atoms with Gasteiger partial charge in [0.2, 0.25) is 0 Å². The Labute approximate surface area is 148 Å². The number of nitrogens with two attached hydrogens (primary N) is 1. The van der Waals surface area contributed by atoms with Gasteiger partial charge in [-0.15, -0.1) is 12.4 Å². The highest BCUT2D eigenvalue weighted by atomic mass is 35.5. The average molecular weight is 363 g/mol. The van der Waals surface area contributed by atoms with Gasteiger partial charge in [0.05, 0.1) is 18.8 Å². The van der Waals surface area contributed by atoms with Crippen LogP contribution >= 0.6 is 24.0 Å². The van der Waals surface area contributed by atoms with Crippen LogP contribution in [0.15, 0.2) is 18.2 Å². The molecule has 0 unspecified atom stereocenters. The number of carbonyl (C=O) groups is 1. The molecule has 0 radical (unpaired) electrons. The maximum absolute atomic E-state index is 12.6. The van der Waals surface area contributed by atoms with E-state index in [4.69, 9.17) is 26.8 Å². The number of methoxy groups -OCH3 is 1. The van der Waals surface area contributed by atoms with Crippen molar-refractivity contribution < 1.29 is 14.3 Å². The largest absolute Gasteiger partial charge is 0.496 e. The Morgan fingerprint density at radius 3 is 2.70 bits per heavy atom. The van der Waals surface area contributed by atoms with Crippen LogP contribution in [0.3, 0.4) is 0 Å². The van der Waals surface area contributed by atoms with Gasteiger partial charge in [-0.05, 0) is 44.0 Å². The summed E-state index contributed by atoms with van der Waals surface area (Å²) in [6.45, 7) is 2.73. The first kappa shape index (κ1) is 20.0. The van der Waals surface area contributed by atoms with E-state index < -0.39 is 0 Å². The van der Waals surface area contributed by atoms with Crippen LogP contribution in [-0.4, -0.2) is 50.3 Å². The van der Waals surface area contributed by atoms with Gasteiger partial charge in [-0.2, -0.15) is 0 Å². The number of hydrogen-bond acceptors (Lipinski definition) is 4. The van der Waals surface area contributed by atoms with E-state index in [1.54, 1.807) is 25.3 Å². The molecule has 0 spiro atoms. The molecule has 7 heteroatoms. The zero-order chi connectivity index (χ0) is 15.9. The quantitative estimate of drug-likeness (QED) is 0.790. The minimum atomic E-state index is -0.0195. The molecular weight excluding hydrogens is 339 g/mol. The van der Waals surface area contributed by atoms with E-state index in [-0.39, 0.29) is 24.4 Å². The van der Waals surface area contributed by atoms with Crippen molar-refractivity contribution in [3.05, 3.63) is 28.8 Å². The number of amides is 1. The molecule has 1 saturated heterocycles. The van der Waals surface area contributed by atoms with E-state index in [0.29, 0.717) is 42.6 Å². The molecule has 0 saturated carbocycles. The summed E-state index contributed by atoms with van der Waals surface area (Å²) in [5.41, 5.74) is 6.00. The lowest BCUT2D eigenvalue weighted by molar-refractivity contribution is 0.00838. The standard InChI is InChI=1S/C16H23ClN2O3.ClH/c1-21-15-11-12(17)3-4-14(15)16(20)19-8-5-13(6-9-19)22-10-2-7-18;/h3-4,11,13H,2,5-10,18H2,1H3;1H. The van der Waals surface area contributed by atoms with E-state index in [2.05, 4.69) is 0 Å². The molecule has 0 aliphatic carbocycles. The molecule has 23 heavy (non-hydrogen) atoms. The van der Waals surface area contributed by atoms with Gasteiger partial charge >= 0.3 is 0 Å². The van der Waals surface area contributed by atoms with Crippen molar-refractivity contribution in [2.75, 3.05) is 33.4 Å². The summed E-state index contributed by atoms with van der Waals surface area (Å²) < 4.78 is 11.0. The fourth-order valence-corrected chi connectivity index (χ4v) is 2.73. The summed E-state index contributed by atoms with van der Waals surface area (Å²) in [4.78, 5) is 14.4. The normalized spacial score (nSPS) is 15.2. The highest BCUT2D eigenvalue weighted by molar-refractivity contribution is 6.30. The fraction of sp³-hybridized carbons (Fsp3) is 0.562. The van der Waals surface area contributed by atoms with Crippen LogP contribution in [0.1, 0.15) is 29.6 Å². The maximum Gasteiger partial charge on any atom is 0.257 e. The zero-order valence-electron chi connectivity index (χ0n) is 13.3. The third-order valence-corrected chi connectivity index (χ3v) is 4.06. The van der Waals surface area contributed by atoms with Gasteiger partial charge in [-0.3, -0.25) is 4.79 Å². The summed E-state index contributed by atoms with van der Waals surface area (Å²) in [6.07, 6.45) is 2.81. The second-order valence-corrected chi connectivity index (χ2v) is 5.79. The molecule has 1 amide bonds. The Morgan fingerprint density at radius 2 is 2.09 bits per heavy atom. The van der Waals surface area contributed by atoms with Crippen LogP contribution < -0.4 is 10.5 Å². The highest BCUT2D eigenvalue weighted by Gasteiger charge is 2.25. The van der Waals surface area contributed by atoms with Crippen molar-refractivity contribution in [1.82, 2.24) is 4.90 Å². The number of likely N-dealkylation sites (tertiary alicyclic amines) is 1. The lowest BCUT2D eigenvalue weighted by Gasteiger charge is -2.32. The summed E-state index contributed by atoms with van der Waals surface area (Å²) >= 11 is 5.94. The van der Waals surface area contributed by atoms with Gasteiger partial charge in [-0.25, -0.2) is 0 Å². The number of piperidine rings is 1. The van der Waals surface area contributed by atoms with Crippen LogP contribution in [0, 0.1) is 0 Å². The maximum atomic E-state index is 12.6. The van der Waals surface area contributed by atoms with Crippen LogP contribution in [0.5, 0.6) is 5.75 Å². The number of ether oxygens (including phenoxy) is 2. The van der Waals surface area contributed by atoms with Gasteiger partial charge in [-0.1, -0.05) is 11.6 Å². The molecule has 1 aromatic carbocycles. The van der Waals surface area contributed by atoms with Crippen molar-refractivity contribution in [2.45, 2.75) is 25.4 Å². The van der Waals surface area contributed by atoms with Crippen molar-refractivity contribution in [3.8, 4) is 5.75 Å². The molecule has 130 valence electrons. The summed E-state index contributed by atoms with van der Waals surface area (Å²) in [5.74, 6) is 0.493. The number of halogens is 2. The molecular formula is C16H24Cl2N2O3. The van der Waals surface area contributed by atoms with Gasteiger partial charge < -0.3 is 20.1 Å². The van der Waals surface area contributed by atoms with Crippen LogP contribution in [0.2, 0.25) is 5.02 Å². The van der Waals surface area contributed by atoms with Gasteiger partial charge in [0, 0.05) is 24.7 Å². The molecule has 0 bridgehead atoms. The molecule has 0 atom stereocenters. The van der Waals surface area contributed by atoms with Gasteiger partial charge in [0.25, 0.3) is 5.91 Å². The second-order valence-electron chi connectivity index (χ2n) is 5.35. The first-order valence-electron chi connectivity index (χ1n) is 7.60. The van der Waals surface area contributed by atoms with Crippen molar-refractivity contribution in [2.24, 2.45) is 5.73 Å². The van der Waals surface area contributed by atoms with E-state index in [1.165, 1.54) is 0 Å². The molecule has 2 rings (SSSR count). The van der Waals surface area contributed by atoms with Gasteiger partial charge in [0.1, 0.15) is 5.75 Å². The summed E-state index contributed by atoms with van der Waals surface area (Å²) in [6, 6.07) is 5.09. The first-order chi connectivity index (χ1) is 10.7.